The van der Waals surface area contributed by atoms with Gasteiger partial charge in [0.25, 0.3) is 0 Å². The molecule has 1 atom stereocenters. The van der Waals surface area contributed by atoms with Crippen molar-refractivity contribution >= 4 is 35.6 Å². The molecule has 1 unspecified atom stereocenters. The summed E-state index contributed by atoms with van der Waals surface area (Å²) in [6, 6.07) is 12.6. The molecule has 1 N–H and O–H groups in total. The van der Waals surface area contributed by atoms with Crippen molar-refractivity contribution in [3.8, 4) is 5.75 Å². The van der Waals surface area contributed by atoms with Gasteiger partial charge in [0.1, 0.15) is 17.3 Å². The SMILES string of the molecule is CN=C(NCC(c1ccc(C)o1)N1CCOCC1)N1CCN(c2cccc(OC)c2)CC1.I. The average molecular weight is 569 g/mol. The highest BCUT2D eigenvalue weighted by atomic mass is 127. The molecule has 33 heavy (non-hydrogen) atoms. The highest BCUT2D eigenvalue weighted by molar-refractivity contribution is 14.0. The van der Waals surface area contributed by atoms with Crippen molar-refractivity contribution in [2.75, 3.05) is 78.1 Å². The molecule has 0 bridgehead atoms. The lowest BCUT2D eigenvalue weighted by Gasteiger charge is -2.39. The van der Waals surface area contributed by atoms with Crippen molar-refractivity contribution in [2.45, 2.75) is 13.0 Å². The van der Waals surface area contributed by atoms with Crippen molar-refractivity contribution in [1.82, 2.24) is 15.1 Å². The molecule has 2 aliphatic rings. The number of guanidine groups is 1. The van der Waals surface area contributed by atoms with E-state index in [2.05, 4.69) is 43.2 Å². The van der Waals surface area contributed by atoms with Crippen LogP contribution in [0.15, 0.2) is 45.8 Å². The summed E-state index contributed by atoms with van der Waals surface area (Å²) in [4.78, 5) is 11.7. The fourth-order valence-corrected chi connectivity index (χ4v) is 4.44. The van der Waals surface area contributed by atoms with Gasteiger partial charge in [0.2, 0.25) is 0 Å². The fourth-order valence-electron chi connectivity index (χ4n) is 4.44. The van der Waals surface area contributed by atoms with Crippen LogP contribution in [-0.2, 0) is 4.74 Å². The van der Waals surface area contributed by atoms with Crippen molar-refractivity contribution in [1.29, 1.82) is 0 Å². The second kappa shape index (κ2) is 12.5. The second-order valence-corrected chi connectivity index (χ2v) is 8.22. The Bertz CT molecular complexity index is 892. The quantitative estimate of drug-likeness (QED) is 0.326. The highest BCUT2D eigenvalue weighted by Crippen LogP contribution is 2.24. The Morgan fingerprint density at radius 1 is 1.09 bits per heavy atom. The van der Waals surface area contributed by atoms with Gasteiger partial charge >= 0.3 is 0 Å². The van der Waals surface area contributed by atoms with Crippen LogP contribution < -0.4 is 15.0 Å². The number of ether oxygens (including phenoxy) is 2. The summed E-state index contributed by atoms with van der Waals surface area (Å²) in [6.45, 7) is 9.79. The highest BCUT2D eigenvalue weighted by Gasteiger charge is 2.27. The van der Waals surface area contributed by atoms with Crippen LogP contribution in [0.3, 0.4) is 0 Å². The lowest BCUT2D eigenvalue weighted by atomic mass is 10.1. The van der Waals surface area contributed by atoms with Gasteiger partial charge in [-0.15, -0.1) is 24.0 Å². The van der Waals surface area contributed by atoms with Gasteiger partial charge in [0, 0.05) is 64.6 Å². The molecule has 0 amide bonds. The number of hydrogen-bond donors (Lipinski definition) is 1. The minimum atomic E-state index is 0. The van der Waals surface area contributed by atoms with E-state index in [1.165, 1.54) is 5.69 Å². The molecule has 0 spiro atoms. The first-order valence-corrected chi connectivity index (χ1v) is 11.4. The van der Waals surface area contributed by atoms with E-state index in [9.17, 15) is 0 Å². The molecule has 3 heterocycles. The number of benzene rings is 1. The van der Waals surface area contributed by atoms with E-state index in [0.717, 1.165) is 82.3 Å². The normalized spacial score (nSPS) is 18.6. The van der Waals surface area contributed by atoms with Gasteiger partial charge in [0.15, 0.2) is 5.96 Å². The maximum absolute atomic E-state index is 6.00. The summed E-state index contributed by atoms with van der Waals surface area (Å²) in [5.41, 5.74) is 1.20. The first-order valence-electron chi connectivity index (χ1n) is 11.4. The molecule has 0 saturated carbocycles. The van der Waals surface area contributed by atoms with Crippen molar-refractivity contribution < 1.29 is 13.9 Å². The maximum atomic E-state index is 6.00. The third kappa shape index (κ3) is 6.54. The number of aryl methyl sites for hydroxylation is 1. The number of morpholine rings is 1. The smallest absolute Gasteiger partial charge is 0.193 e. The van der Waals surface area contributed by atoms with Crippen LogP contribution in [0.25, 0.3) is 0 Å². The van der Waals surface area contributed by atoms with E-state index < -0.39 is 0 Å². The number of nitrogens with one attached hydrogen (secondary N) is 1. The van der Waals surface area contributed by atoms with Gasteiger partial charge < -0.3 is 29.0 Å². The number of aliphatic imine (C=N–C) groups is 1. The Morgan fingerprint density at radius 3 is 2.48 bits per heavy atom. The summed E-state index contributed by atoms with van der Waals surface area (Å²) in [7, 11) is 3.57. The minimum Gasteiger partial charge on any atom is -0.497 e. The number of hydrogen-bond acceptors (Lipinski definition) is 6. The summed E-state index contributed by atoms with van der Waals surface area (Å²) in [5.74, 6) is 3.77. The molecular weight excluding hydrogens is 533 g/mol. The third-order valence-electron chi connectivity index (χ3n) is 6.24. The van der Waals surface area contributed by atoms with Crippen LogP contribution in [0.2, 0.25) is 0 Å². The van der Waals surface area contributed by atoms with E-state index >= 15 is 0 Å². The summed E-state index contributed by atoms with van der Waals surface area (Å²) >= 11 is 0. The van der Waals surface area contributed by atoms with Gasteiger partial charge in [0.05, 0.1) is 26.4 Å². The number of furan rings is 1. The largest absolute Gasteiger partial charge is 0.497 e. The molecule has 2 aromatic rings. The number of nitrogens with zero attached hydrogens (tertiary/aromatic N) is 4. The third-order valence-corrected chi connectivity index (χ3v) is 6.24. The van der Waals surface area contributed by atoms with Crippen LogP contribution in [-0.4, -0.2) is 88.9 Å². The molecule has 0 radical (unpaired) electrons. The molecule has 1 aromatic carbocycles. The Labute approximate surface area is 213 Å². The Balaban J connectivity index is 0.00000306. The number of rotatable bonds is 6. The molecule has 2 fully saturated rings. The zero-order chi connectivity index (χ0) is 22.3. The first kappa shape index (κ1) is 25.6. The maximum Gasteiger partial charge on any atom is 0.193 e. The minimum absolute atomic E-state index is 0. The fraction of sp³-hybridized carbons (Fsp3) is 0.542. The van der Waals surface area contributed by atoms with Gasteiger partial charge in [-0.3, -0.25) is 9.89 Å². The monoisotopic (exact) mass is 569 g/mol. The Kier molecular flexibility index (Phi) is 9.69. The van der Waals surface area contributed by atoms with E-state index in [-0.39, 0.29) is 30.0 Å². The molecule has 2 saturated heterocycles. The molecule has 9 heteroatoms. The van der Waals surface area contributed by atoms with Gasteiger partial charge in [-0.2, -0.15) is 0 Å². The first-order chi connectivity index (χ1) is 15.7. The van der Waals surface area contributed by atoms with Crippen LogP contribution in [0.4, 0.5) is 5.69 Å². The van der Waals surface area contributed by atoms with Gasteiger partial charge in [-0.05, 0) is 31.2 Å². The molecular formula is C24H36IN5O3. The number of methoxy groups -OCH3 is 1. The molecule has 2 aliphatic heterocycles. The lowest BCUT2D eigenvalue weighted by molar-refractivity contribution is 0.0123. The summed E-state index contributed by atoms with van der Waals surface area (Å²) in [6.07, 6.45) is 0. The number of anilines is 1. The average Bonchev–Trinajstić information content (AvgIpc) is 3.28. The van der Waals surface area contributed by atoms with Crippen molar-refractivity contribution in [2.24, 2.45) is 4.99 Å². The Hall–Kier alpha value is -1.98. The van der Waals surface area contributed by atoms with Crippen molar-refractivity contribution in [3.63, 3.8) is 0 Å². The molecule has 182 valence electrons. The van der Waals surface area contributed by atoms with Crippen LogP contribution in [0.5, 0.6) is 5.75 Å². The summed E-state index contributed by atoms with van der Waals surface area (Å²) < 4.78 is 16.9. The molecule has 4 rings (SSSR count). The van der Waals surface area contributed by atoms with E-state index in [4.69, 9.17) is 13.9 Å². The van der Waals surface area contributed by atoms with Gasteiger partial charge in [-0.1, -0.05) is 6.07 Å². The Morgan fingerprint density at radius 2 is 1.85 bits per heavy atom. The van der Waals surface area contributed by atoms with Crippen LogP contribution >= 0.6 is 24.0 Å². The lowest BCUT2D eigenvalue weighted by Crippen LogP contribution is -2.54. The molecule has 1 aromatic heterocycles. The molecule has 0 aliphatic carbocycles. The van der Waals surface area contributed by atoms with E-state index in [0.29, 0.717) is 0 Å². The molecule has 8 nitrogen and oxygen atoms in total. The van der Waals surface area contributed by atoms with Crippen LogP contribution in [0, 0.1) is 6.92 Å². The topological polar surface area (TPSA) is 65.7 Å². The number of piperazine rings is 1. The summed E-state index contributed by atoms with van der Waals surface area (Å²) in [5, 5.41) is 3.61. The zero-order valence-electron chi connectivity index (χ0n) is 19.8. The predicted molar refractivity (Wildman–Crippen MR) is 142 cm³/mol. The van der Waals surface area contributed by atoms with E-state index in [1.807, 2.05) is 32.2 Å². The zero-order valence-corrected chi connectivity index (χ0v) is 22.2. The van der Waals surface area contributed by atoms with Gasteiger partial charge in [-0.25, -0.2) is 0 Å². The predicted octanol–water partition coefficient (Wildman–Crippen LogP) is 2.99. The second-order valence-electron chi connectivity index (χ2n) is 8.22. The van der Waals surface area contributed by atoms with E-state index in [1.54, 1.807) is 7.11 Å². The van der Waals surface area contributed by atoms with Crippen molar-refractivity contribution in [3.05, 3.63) is 47.9 Å². The van der Waals surface area contributed by atoms with Crippen LogP contribution in [0.1, 0.15) is 17.6 Å². The standard InChI is InChI=1S/C24H35N5O3.HI/c1-19-7-8-23(32-19)22(28-13-15-31-16-14-28)18-26-24(25-2)29-11-9-27(10-12-29)20-5-4-6-21(17-20)30-3;/h4-8,17,22H,9-16,18H2,1-3H3,(H,25,26);1H. The number of halogens is 1.